The summed E-state index contributed by atoms with van der Waals surface area (Å²) in [6.45, 7) is 13.9. The Labute approximate surface area is 215 Å². The quantitative estimate of drug-likeness (QED) is 0.161. The van der Waals surface area contributed by atoms with E-state index in [9.17, 15) is 9.59 Å². The molecule has 1 aromatic carbocycles. The second-order valence-corrected chi connectivity index (χ2v) is 9.94. The van der Waals surface area contributed by atoms with Crippen LogP contribution in [0.25, 0.3) is 0 Å². The molecule has 1 atom stereocenters. The second kappa shape index (κ2) is 19.1. The first-order chi connectivity index (χ1) is 16.9. The number of ketones is 1. The van der Waals surface area contributed by atoms with Gasteiger partial charge in [0.25, 0.3) is 0 Å². The summed E-state index contributed by atoms with van der Waals surface area (Å²) in [6, 6.07) is 7.77. The first-order valence-electron chi connectivity index (χ1n) is 13.8. The number of hydrogen-bond donors (Lipinski definition) is 1. The number of amides is 1. The van der Waals surface area contributed by atoms with Crippen molar-refractivity contribution in [2.24, 2.45) is 5.92 Å². The highest BCUT2D eigenvalue weighted by Crippen LogP contribution is 2.12. The van der Waals surface area contributed by atoms with E-state index in [4.69, 9.17) is 0 Å². The number of rotatable bonds is 21. The van der Waals surface area contributed by atoms with E-state index in [1.807, 2.05) is 30.5 Å². The van der Waals surface area contributed by atoms with E-state index in [1.54, 1.807) is 6.92 Å². The number of carbonyl (C=O) groups is 2. The van der Waals surface area contributed by atoms with Crippen molar-refractivity contribution in [1.82, 2.24) is 15.1 Å². The van der Waals surface area contributed by atoms with Crippen LogP contribution in [0.5, 0.6) is 0 Å². The number of carbonyl (C=O) groups excluding carboxylic acids is 2. The van der Waals surface area contributed by atoms with Gasteiger partial charge in [-0.3, -0.25) is 9.59 Å². The summed E-state index contributed by atoms with van der Waals surface area (Å²) in [4.78, 5) is 29.1. The fourth-order valence-electron chi connectivity index (χ4n) is 4.36. The third-order valence-electron chi connectivity index (χ3n) is 6.56. The van der Waals surface area contributed by atoms with Crippen molar-refractivity contribution in [3.05, 3.63) is 48.2 Å². The molecule has 0 aliphatic heterocycles. The molecular formula is C30H51N3O2. The zero-order valence-electron chi connectivity index (χ0n) is 23.0. The Morgan fingerprint density at radius 2 is 1.51 bits per heavy atom. The smallest absolute Gasteiger partial charge is 0.226 e. The topological polar surface area (TPSA) is 52.7 Å². The van der Waals surface area contributed by atoms with Crippen LogP contribution >= 0.6 is 0 Å². The van der Waals surface area contributed by atoms with Gasteiger partial charge in [0.2, 0.25) is 5.91 Å². The highest BCUT2D eigenvalue weighted by molar-refractivity contribution is 5.94. The molecule has 0 heterocycles. The summed E-state index contributed by atoms with van der Waals surface area (Å²) in [5.41, 5.74) is 1.87. The molecule has 0 aliphatic carbocycles. The molecule has 0 fully saturated rings. The van der Waals surface area contributed by atoms with Gasteiger partial charge in [-0.05, 0) is 38.6 Å². The molecule has 1 N–H and O–H groups in total. The molecule has 0 aliphatic rings. The lowest BCUT2D eigenvalue weighted by molar-refractivity contribution is -0.126. The van der Waals surface area contributed by atoms with Gasteiger partial charge in [0.05, 0.1) is 5.92 Å². The molecule has 1 unspecified atom stereocenters. The lowest BCUT2D eigenvalue weighted by Crippen LogP contribution is -2.43. The Morgan fingerprint density at radius 1 is 0.914 bits per heavy atom. The molecule has 1 aromatic rings. The molecule has 0 saturated heterocycles. The largest absolute Gasteiger partial charge is 0.377 e. The van der Waals surface area contributed by atoms with Crippen molar-refractivity contribution in [2.75, 3.05) is 33.2 Å². The number of benzene rings is 1. The van der Waals surface area contributed by atoms with Crippen LogP contribution in [-0.4, -0.2) is 54.7 Å². The van der Waals surface area contributed by atoms with Gasteiger partial charge in [-0.25, -0.2) is 0 Å². The molecule has 0 bridgehead atoms. The van der Waals surface area contributed by atoms with E-state index in [0.717, 1.165) is 50.0 Å². The van der Waals surface area contributed by atoms with Crippen molar-refractivity contribution in [3.63, 3.8) is 0 Å². The fourth-order valence-corrected chi connectivity index (χ4v) is 4.36. The maximum absolute atomic E-state index is 13.1. The number of nitrogens with one attached hydrogen (secondary N) is 1. The van der Waals surface area contributed by atoms with Gasteiger partial charge in [0.15, 0.2) is 5.78 Å². The first-order valence-corrected chi connectivity index (χ1v) is 13.8. The van der Waals surface area contributed by atoms with Crippen LogP contribution in [-0.2, 0) is 11.3 Å². The minimum Gasteiger partial charge on any atom is -0.377 e. The number of unbranched alkanes of at least 4 members (excludes halogenated alkanes) is 8. The third kappa shape index (κ3) is 14.1. The predicted octanol–water partition coefficient (Wildman–Crippen LogP) is 6.44. The average Bonchev–Trinajstić information content (AvgIpc) is 2.84. The molecule has 0 spiro atoms. The van der Waals surface area contributed by atoms with Crippen molar-refractivity contribution in [1.29, 1.82) is 0 Å². The molecule has 0 saturated carbocycles. The van der Waals surface area contributed by atoms with Crippen LogP contribution in [0.15, 0.2) is 37.0 Å². The van der Waals surface area contributed by atoms with Crippen LogP contribution in [0.4, 0.5) is 0 Å². The Bertz CT molecular complexity index is 717. The normalized spacial score (nSPS) is 11.9. The molecule has 5 nitrogen and oxygen atoms in total. The minimum absolute atomic E-state index is 0.0791. The van der Waals surface area contributed by atoms with E-state index >= 15 is 0 Å². The van der Waals surface area contributed by atoms with E-state index < -0.39 is 0 Å². The van der Waals surface area contributed by atoms with Gasteiger partial charge in [-0.2, -0.15) is 0 Å². The van der Waals surface area contributed by atoms with Gasteiger partial charge in [-0.15, -0.1) is 0 Å². The lowest BCUT2D eigenvalue weighted by Gasteiger charge is -2.29. The maximum atomic E-state index is 13.1. The minimum atomic E-state index is -0.124. The van der Waals surface area contributed by atoms with Crippen molar-refractivity contribution < 1.29 is 9.59 Å². The number of nitrogens with zero attached hydrogens (tertiary/aromatic N) is 2. The van der Waals surface area contributed by atoms with E-state index in [-0.39, 0.29) is 17.6 Å². The molecular weight excluding hydrogens is 434 g/mol. The molecule has 0 radical (unpaired) electrons. The van der Waals surface area contributed by atoms with Gasteiger partial charge < -0.3 is 15.1 Å². The van der Waals surface area contributed by atoms with E-state index in [1.165, 1.54) is 44.9 Å². The summed E-state index contributed by atoms with van der Waals surface area (Å²) >= 11 is 0. The monoisotopic (exact) mass is 485 g/mol. The molecule has 1 rings (SSSR count). The van der Waals surface area contributed by atoms with Gasteiger partial charge in [0, 0.05) is 38.3 Å². The standard InChI is InChI=1S/C30H51N3O2/c1-6-9-11-13-14-16-22-33(8-3)25-29(30(35)31-21-15-12-10-7-2)24-32(5)23-27-17-19-28(20-18-27)26(4)34/h8,17-20,29H,3,6-7,9-16,21-25H2,1-2,4-5H3,(H,31,35). The van der Waals surface area contributed by atoms with Gasteiger partial charge in [-0.1, -0.05) is 96.1 Å². The molecule has 35 heavy (non-hydrogen) atoms. The van der Waals surface area contributed by atoms with Crippen molar-refractivity contribution >= 4 is 11.7 Å². The predicted molar refractivity (Wildman–Crippen MR) is 149 cm³/mol. The van der Waals surface area contributed by atoms with Crippen LogP contribution in [0.2, 0.25) is 0 Å². The summed E-state index contributed by atoms with van der Waals surface area (Å²) in [7, 11) is 2.06. The Morgan fingerprint density at radius 3 is 2.11 bits per heavy atom. The fraction of sp³-hybridized carbons (Fsp3) is 0.667. The summed E-state index contributed by atoms with van der Waals surface area (Å²) in [6.07, 6.45) is 14.0. The highest BCUT2D eigenvalue weighted by Gasteiger charge is 2.22. The van der Waals surface area contributed by atoms with Crippen LogP contribution in [0.1, 0.15) is 101 Å². The van der Waals surface area contributed by atoms with Crippen LogP contribution < -0.4 is 5.32 Å². The van der Waals surface area contributed by atoms with E-state index in [2.05, 4.69) is 42.6 Å². The average molecular weight is 486 g/mol. The zero-order valence-corrected chi connectivity index (χ0v) is 23.0. The number of Topliss-reactive ketones (excluding diaryl/α,β-unsaturated/α-hetero) is 1. The summed E-state index contributed by atoms with van der Waals surface area (Å²) < 4.78 is 0. The molecule has 0 aromatic heterocycles. The second-order valence-electron chi connectivity index (χ2n) is 9.94. The van der Waals surface area contributed by atoms with Gasteiger partial charge >= 0.3 is 0 Å². The maximum Gasteiger partial charge on any atom is 0.226 e. The number of hydrogen-bond acceptors (Lipinski definition) is 4. The Hall–Kier alpha value is -2.14. The third-order valence-corrected chi connectivity index (χ3v) is 6.56. The highest BCUT2D eigenvalue weighted by atomic mass is 16.2. The zero-order chi connectivity index (χ0) is 25.9. The Kier molecular flexibility index (Phi) is 16.9. The summed E-state index contributed by atoms with van der Waals surface area (Å²) in [5, 5.41) is 3.19. The van der Waals surface area contributed by atoms with Crippen LogP contribution in [0.3, 0.4) is 0 Å². The lowest BCUT2D eigenvalue weighted by atomic mass is 10.1. The Balaban J connectivity index is 2.68. The first kappa shape index (κ1) is 30.9. The summed E-state index contributed by atoms with van der Waals surface area (Å²) in [5.74, 6) is 0.0892. The van der Waals surface area contributed by atoms with E-state index in [0.29, 0.717) is 13.1 Å². The molecule has 198 valence electrons. The van der Waals surface area contributed by atoms with Gasteiger partial charge in [0.1, 0.15) is 0 Å². The molecule has 5 heteroatoms. The molecule has 1 amide bonds. The SMILES string of the molecule is C=CN(CCCCCCCC)CC(CN(C)Cc1ccc(C(C)=O)cc1)C(=O)NCCCCCC. The van der Waals surface area contributed by atoms with Crippen molar-refractivity contribution in [2.45, 2.75) is 91.5 Å². The van der Waals surface area contributed by atoms with Crippen molar-refractivity contribution in [3.8, 4) is 0 Å². The van der Waals surface area contributed by atoms with Crippen LogP contribution in [0, 0.1) is 5.92 Å².